The normalized spacial score (nSPS) is 10.1. The van der Waals surface area contributed by atoms with Crippen LogP contribution in [0.2, 0.25) is 0 Å². The van der Waals surface area contributed by atoms with Crippen molar-refractivity contribution in [2.45, 2.75) is 0 Å². The summed E-state index contributed by atoms with van der Waals surface area (Å²) in [6.07, 6.45) is 1.28. The van der Waals surface area contributed by atoms with Crippen LogP contribution in [0.5, 0.6) is 11.6 Å². The number of nitrogens with two attached hydrogens (primary N) is 1. The molecular formula is C11H8FN5O3. The number of hydrogen-bond acceptors (Lipinski definition) is 6. The summed E-state index contributed by atoms with van der Waals surface area (Å²) in [5.74, 6) is -1.63. The molecule has 3 N–H and O–H groups in total. The summed E-state index contributed by atoms with van der Waals surface area (Å²) in [5.41, 5.74) is 4.98. The molecule has 2 rings (SSSR count). The van der Waals surface area contributed by atoms with Gasteiger partial charge in [-0.2, -0.15) is 5.10 Å². The number of nitrogens with one attached hydrogen (secondary N) is 1. The van der Waals surface area contributed by atoms with Gasteiger partial charge in [-0.1, -0.05) is 0 Å². The number of rotatable bonds is 4. The summed E-state index contributed by atoms with van der Waals surface area (Å²) < 4.78 is 18.3. The highest BCUT2D eigenvalue weighted by atomic mass is 19.1. The highest BCUT2D eigenvalue weighted by Gasteiger charge is 2.19. The van der Waals surface area contributed by atoms with Gasteiger partial charge in [-0.05, 0) is 12.1 Å². The lowest BCUT2D eigenvalue weighted by Gasteiger charge is -2.08. The van der Waals surface area contributed by atoms with E-state index >= 15 is 0 Å². The summed E-state index contributed by atoms with van der Waals surface area (Å²) in [7, 11) is 0. The molecule has 0 radical (unpaired) electrons. The Kier molecular flexibility index (Phi) is 3.51. The van der Waals surface area contributed by atoms with Gasteiger partial charge in [-0.15, -0.1) is 5.10 Å². The number of nitrogens with zero attached hydrogens (tertiary/aromatic N) is 3. The number of aromatic nitrogens is 2. The Bertz CT molecular complexity index is 692. The number of nitro benzene ring substituents is 1. The molecule has 1 heterocycles. The van der Waals surface area contributed by atoms with Crippen LogP contribution in [-0.4, -0.2) is 21.0 Å². The second-order valence-electron chi connectivity index (χ2n) is 3.63. The predicted molar refractivity (Wildman–Crippen MR) is 66.2 cm³/mol. The Balaban J connectivity index is 2.47. The van der Waals surface area contributed by atoms with E-state index in [2.05, 4.69) is 10.2 Å². The van der Waals surface area contributed by atoms with E-state index < -0.39 is 16.4 Å². The molecule has 0 aliphatic carbocycles. The molecule has 0 unspecified atom stereocenters. The lowest BCUT2D eigenvalue weighted by Crippen LogP contribution is -2.13. The van der Waals surface area contributed by atoms with Crippen LogP contribution in [0.1, 0.15) is 5.56 Å². The van der Waals surface area contributed by atoms with Crippen LogP contribution in [0.3, 0.4) is 0 Å². The summed E-state index contributed by atoms with van der Waals surface area (Å²) in [6.45, 7) is 0. The fourth-order valence-corrected chi connectivity index (χ4v) is 1.42. The fraction of sp³-hybridized carbons (Fsp3) is 0. The van der Waals surface area contributed by atoms with Crippen LogP contribution in [0, 0.1) is 21.3 Å². The molecule has 0 aliphatic heterocycles. The number of amidine groups is 1. The topological polar surface area (TPSA) is 128 Å². The zero-order valence-corrected chi connectivity index (χ0v) is 9.91. The molecule has 0 saturated heterocycles. The third-order valence-electron chi connectivity index (χ3n) is 2.30. The Labute approximate surface area is 111 Å². The molecule has 0 amide bonds. The van der Waals surface area contributed by atoms with Gasteiger partial charge >= 0.3 is 5.69 Å². The van der Waals surface area contributed by atoms with Crippen molar-refractivity contribution in [2.75, 3.05) is 0 Å². The highest BCUT2D eigenvalue weighted by Crippen LogP contribution is 2.31. The van der Waals surface area contributed by atoms with Gasteiger partial charge in [-0.3, -0.25) is 15.5 Å². The molecule has 1 aromatic heterocycles. The number of halogens is 1. The van der Waals surface area contributed by atoms with E-state index in [1.54, 1.807) is 0 Å². The minimum Gasteiger partial charge on any atom is -0.429 e. The maximum absolute atomic E-state index is 13.2. The van der Waals surface area contributed by atoms with Gasteiger partial charge in [0.15, 0.2) is 0 Å². The van der Waals surface area contributed by atoms with E-state index in [9.17, 15) is 14.5 Å². The van der Waals surface area contributed by atoms with Gasteiger partial charge in [-0.25, -0.2) is 4.39 Å². The molecule has 0 atom stereocenters. The highest BCUT2D eigenvalue weighted by molar-refractivity contribution is 5.97. The van der Waals surface area contributed by atoms with Crippen LogP contribution in [0.4, 0.5) is 10.1 Å². The number of nitrogen functional groups attached to an aromatic ring is 1. The van der Waals surface area contributed by atoms with E-state index in [4.69, 9.17) is 15.9 Å². The van der Waals surface area contributed by atoms with Crippen molar-refractivity contribution in [1.82, 2.24) is 10.2 Å². The van der Waals surface area contributed by atoms with Crippen molar-refractivity contribution in [1.29, 1.82) is 5.41 Å². The standard InChI is InChI=1S/C11H8FN5O3/c12-6-1-2-8(17(18)19)9(5-6)20-11-7(10(13)14)3-4-15-16-11/h1-5H,(H3,13,14). The number of nitro groups is 1. The molecule has 0 spiro atoms. The van der Waals surface area contributed by atoms with Gasteiger partial charge in [0.2, 0.25) is 11.6 Å². The van der Waals surface area contributed by atoms with Crippen molar-refractivity contribution >= 4 is 11.5 Å². The molecule has 0 bridgehead atoms. The second-order valence-corrected chi connectivity index (χ2v) is 3.63. The molecule has 102 valence electrons. The summed E-state index contributed by atoms with van der Waals surface area (Å²) in [6, 6.07) is 4.11. The minimum absolute atomic E-state index is 0.0959. The van der Waals surface area contributed by atoms with Crippen LogP contribution in [0.15, 0.2) is 30.5 Å². The molecule has 0 saturated carbocycles. The van der Waals surface area contributed by atoms with Crippen molar-refractivity contribution in [2.24, 2.45) is 5.73 Å². The van der Waals surface area contributed by atoms with Gasteiger partial charge < -0.3 is 10.5 Å². The van der Waals surface area contributed by atoms with Crippen LogP contribution in [0.25, 0.3) is 0 Å². The average molecular weight is 277 g/mol. The summed E-state index contributed by atoms with van der Waals surface area (Å²) in [5, 5.41) is 25.3. The van der Waals surface area contributed by atoms with Crippen LogP contribution < -0.4 is 10.5 Å². The van der Waals surface area contributed by atoms with Crippen LogP contribution in [-0.2, 0) is 0 Å². The summed E-state index contributed by atoms with van der Waals surface area (Å²) in [4.78, 5) is 10.1. The van der Waals surface area contributed by atoms with Crippen molar-refractivity contribution < 1.29 is 14.1 Å². The first-order valence-corrected chi connectivity index (χ1v) is 5.27. The SMILES string of the molecule is N=C(N)c1ccnnc1Oc1cc(F)ccc1[N+](=O)[O-]. The molecular weight excluding hydrogens is 269 g/mol. The lowest BCUT2D eigenvalue weighted by molar-refractivity contribution is -0.385. The first kappa shape index (κ1) is 13.3. The number of benzene rings is 1. The quantitative estimate of drug-likeness (QED) is 0.378. The first-order valence-electron chi connectivity index (χ1n) is 5.27. The number of hydrogen-bond donors (Lipinski definition) is 2. The predicted octanol–water partition coefficient (Wildman–Crippen LogP) is 1.60. The van der Waals surface area contributed by atoms with Crippen molar-refractivity contribution in [3.8, 4) is 11.6 Å². The lowest BCUT2D eigenvalue weighted by atomic mass is 10.2. The maximum atomic E-state index is 13.2. The van der Waals surface area contributed by atoms with E-state index in [1.165, 1.54) is 12.3 Å². The third-order valence-corrected chi connectivity index (χ3v) is 2.30. The molecule has 8 nitrogen and oxygen atoms in total. The molecule has 2 aromatic rings. The van der Waals surface area contributed by atoms with Gasteiger partial charge in [0, 0.05) is 12.1 Å². The zero-order chi connectivity index (χ0) is 14.7. The third kappa shape index (κ3) is 2.66. The van der Waals surface area contributed by atoms with Gasteiger partial charge in [0.25, 0.3) is 0 Å². The van der Waals surface area contributed by atoms with E-state index in [1.807, 2.05) is 0 Å². The van der Waals surface area contributed by atoms with Gasteiger partial charge in [0.05, 0.1) is 16.7 Å². The largest absolute Gasteiger partial charge is 0.429 e. The fourth-order valence-electron chi connectivity index (χ4n) is 1.42. The number of ether oxygens (including phenoxy) is 1. The molecule has 20 heavy (non-hydrogen) atoms. The van der Waals surface area contributed by atoms with Crippen molar-refractivity contribution in [3.63, 3.8) is 0 Å². The zero-order valence-electron chi connectivity index (χ0n) is 9.91. The monoisotopic (exact) mass is 277 g/mol. The Morgan fingerprint density at radius 2 is 2.20 bits per heavy atom. The van der Waals surface area contributed by atoms with E-state index in [0.717, 1.165) is 18.2 Å². The maximum Gasteiger partial charge on any atom is 0.311 e. The molecule has 0 aliphatic rings. The Morgan fingerprint density at radius 3 is 2.85 bits per heavy atom. The summed E-state index contributed by atoms with van der Waals surface area (Å²) >= 11 is 0. The Hall–Kier alpha value is -3.10. The van der Waals surface area contributed by atoms with Gasteiger partial charge in [0.1, 0.15) is 11.7 Å². The average Bonchev–Trinajstić information content (AvgIpc) is 2.38. The van der Waals surface area contributed by atoms with E-state index in [0.29, 0.717) is 0 Å². The molecule has 0 fully saturated rings. The molecule has 9 heteroatoms. The smallest absolute Gasteiger partial charge is 0.311 e. The Morgan fingerprint density at radius 1 is 1.45 bits per heavy atom. The van der Waals surface area contributed by atoms with Crippen molar-refractivity contribution in [3.05, 3.63) is 52.0 Å². The second kappa shape index (κ2) is 5.26. The van der Waals surface area contributed by atoms with Crippen LogP contribution >= 0.6 is 0 Å². The first-order chi connectivity index (χ1) is 9.49. The van der Waals surface area contributed by atoms with E-state index in [-0.39, 0.29) is 23.0 Å². The minimum atomic E-state index is -0.724. The molecule has 1 aromatic carbocycles.